The molecule has 0 saturated heterocycles. The van der Waals surface area contributed by atoms with E-state index in [4.69, 9.17) is 0 Å². The minimum Gasteiger partial charge on any atom is -0.358 e. The van der Waals surface area contributed by atoms with Crippen molar-refractivity contribution in [3.05, 3.63) is 58.0 Å². The number of rotatable bonds is 5. The Kier molecular flexibility index (Phi) is 4.40. The van der Waals surface area contributed by atoms with E-state index in [-0.39, 0.29) is 11.6 Å². The van der Waals surface area contributed by atoms with Crippen LogP contribution in [-0.2, 0) is 0 Å². The number of aryl methyl sites for hydroxylation is 1. The van der Waals surface area contributed by atoms with Crippen LogP contribution in [0, 0.1) is 6.92 Å². The number of hydrogen-bond acceptors (Lipinski definition) is 6. The average Bonchev–Trinajstić information content (AvgIpc) is 2.91. The first-order chi connectivity index (χ1) is 11.0. The summed E-state index contributed by atoms with van der Waals surface area (Å²) in [4.78, 5) is 19.0. The fourth-order valence-electron chi connectivity index (χ4n) is 2.45. The Labute approximate surface area is 138 Å². The van der Waals surface area contributed by atoms with E-state index in [0.29, 0.717) is 22.3 Å². The maximum atomic E-state index is 11.9. The number of nitrogens with one attached hydrogen (secondary N) is 1. The van der Waals surface area contributed by atoms with E-state index in [1.54, 1.807) is 0 Å². The van der Waals surface area contributed by atoms with Crippen LogP contribution in [0.15, 0.2) is 41.2 Å². The van der Waals surface area contributed by atoms with Crippen molar-refractivity contribution in [3.63, 3.8) is 0 Å². The molecule has 3 aromatic rings. The van der Waals surface area contributed by atoms with Gasteiger partial charge in [-0.2, -0.15) is 4.52 Å². The molecular formula is C16H19N5OS. The predicted octanol–water partition coefficient (Wildman–Crippen LogP) is 2.17. The molecule has 0 unspecified atom stereocenters. The first-order valence-electron chi connectivity index (χ1n) is 7.37. The summed E-state index contributed by atoms with van der Waals surface area (Å²) < 4.78 is 1.34. The summed E-state index contributed by atoms with van der Waals surface area (Å²) in [6, 6.07) is 12.0. The van der Waals surface area contributed by atoms with Crippen molar-refractivity contribution in [1.29, 1.82) is 0 Å². The summed E-state index contributed by atoms with van der Waals surface area (Å²) >= 11 is 1.39. The Bertz CT molecular complexity index is 856. The predicted molar refractivity (Wildman–Crippen MR) is 93.2 cm³/mol. The minimum atomic E-state index is -0.149. The number of benzene rings is 1. The molecule has 6 nitrogen and oxygen atoms in total. The number of likely N-dealkylation sites (N-methyl/N-ethyl adjacent to an activating group) is 1. The topological polar surface area (TPSA) is 62.5 Å². The SMILES string of the molecule is Cc1cc(=O)n2nc(NC[C@@H](c3ccccc3)N(C)C)sc2n1. The monoisotopic (exact) mass is 329 g/mol. The van der Waals surface area contributed by atoms with Crippen molar-refractivity contribution in [1.82, 2.24) is 19.5 Å². The lowest BCUT2D eigenvalue weighted by atomic mass is 10.1. The zero-order valence-electron chi connectivity index (χ0n) is 13.4. The number of anilines is 1. The minimum absolute atomic E-state index is 0.149. The van der Waals surface area contributed by atoms with Gasteiger partial charge in [0.15, 0.2) is 0 Å². The molecule has 0 radical (unpaired) electrons. The fraction of sp³-hybridized carbons (Fsp3) is 0.312. The molecular weight excluding hydrogens is 310 g/mol. The summed E-state index contributed by atoms with van der Waals surface area (Å²) in [6.45, 7) is 2.51. The smallest absolute Gasteiger partial charge is 0.275 e. The van der Waals surface area contributed by atoms with Crippen LogP contribution in [0.5, 0.6) is 0 Å². The third-order valence-electron chi connectivity index (χ3n) is 3.63. The van der Waals surface area contributed by atoms with Crippen LogP contribution in [0.4, 0.5) is 5.13 Å². The number of aromatic nitrogens is 3. The zero-order valence-corrected chi connectivity index (χ0v) is 14.2. The lowest BCUT2D eigenvalue weighted by molar-refractivity contribution is 0.312. The first-order valence-corrected chi connectivity index (χ1v) is 8.19. The number of nitrogens with zero attached hydrogens (tertiary/aromatic N) is 4. The highest BCUT2D eigenvalue weighted by Gasteiger charge is 2.15. The van der Waals surface area contributed by atoms with Crippen molar-refractivity contribution in [2.75, 3.05) is 26.0 Å². The van der Waals surface area contributed by atoms with Gasteiger partial charge in [-0.05, 0) is 26.6 Å². The molecule has 1 atom stereocenters. The van der Waals surface area contributed by atoms with Crippen LogP contribution < -0.4 is 10.9 Å². The molecule has 0 aliphatic carbocycles. The molecule has 2 aromatic heterocycles. The summed E-state index contributed by atoms with van der Waals surface area (Å²) in [5.74, 6) is 0. The molecule has 0 bridgehead atoms. The van der Waals surface area contributed by atoms with Gasteiger partial charge in [0.2, 0.25) is 10.1 Å². The summed E-state index contributed by atoms with van der Waals surface area (Å²) in [7, 11) is 4.10. The summed E-state index contributed by atoms with van der Waals surface area (Å²) in [5.41, 5.74) is 1.79. The molecule has 3 rings (SSSR count). The van der Waals surface area contributed by atoms with Crippen molar-refractivity contribution in [2.24, 2.45) is 0 Å². The quantitative estimate of drug-likeness (QED) is 0.777. The standard InChI is InChI=1S/C16H19N5OS/c1-11-9-14(22)21-16(18-11)23-15(19-21)17-10-13(20(2)3)12-7-5-4-6-8-12/h4-9,13H,10H2,1-3H3,(H,17,19)/t13-/m0/s1. The molecule has 2 heterocycles. The lowest BCUT2D eigenvalue weighted by Gasteiger charge is -2.24. The van der Waals surface area contributed by atoms with Crippen molar-refractivity contribution >= 4 is 21.4 Å². The van der Waals surface area contributed by atoms with Gasteiger partial charge >= 0.3 is 0 Å². The second kappa shape index (κ2) is 6.47. The van der Waals surface area contributed by atoms with E-state index in [0.717, 1.165) is 0 Å². The molecule has 0 amide bonds. The normalized spacial score (nSPS) is 12.7. The molecule has 1 N–H and O–H groups in total. The highest BCUT2D eigenvalue weighted by Crippen LogP contribution is 2.21. The second-order valence-corrected chi connectivity index (χ2v) is 6.56. The zero-order chi connectivity index (χ0) is 16.4. The largest absolute Gasteiger partial charge is 0.358 e. The van der Waals surface area contributed by atoms with E-state index in [1.807, 2.05) is 39.2 Å². The van der Waals surface area contributed by atoms with Crippen LogP contribution in [0.3, 0.4) is 0 Å². The second-order valence-electron chi connectivity index (χ2n) is 5.61. The highest BCUT2D eigenvalue weighted by molar-refractivity contribution is 7.20. The third-order valence-corrected chi connectivity index (χ3v) is 4.49. The molecule has 0 aliphatic heterocycles. The van der Waals surface area contributed by atoms with Crippen LogP contribution in [0.2, 0.25) is 0 Å². The number of fused-ring (bicyclic) bond motifs is 1. The van der Waals surface area contributed by atoms with E-state index < -0.39 is 0 Å². The maximum absolute atomic E-state index is 11.9. The Morgan fingerprint density at radius 1 is 1.30 bits per heavy atom. The molecule has 0 saturated carbocycles. The van der Waals surface area contributed by atoms with Gasteiger partial charge in [0.25, 0.3) is 5.56 Å². The van der Waals surface area contributed by atoms with Gasteiger partial charge < -0.3 is 10.2 Å². The van der Waals surface area contributed by atoms with Gasteiger partial charge in [-0.3, -0.25) is 4.79 Å². The maximum Gasteiger partial charge on any atom is 0.275 e. The van der Waals surface area contributed by atoms with Crippen molar-refractivity contribution < 1.29 is 0 Å². The highest BCUT2D eigenvalue weighted by atomic mass is 32.1. The van der Waals surface area contributed by atoms with Crippen LogP contribution in [-0.4, -0.2) is 40.1 Å². The first kappa shape index (κ1) is 15.6. The molecule has 0 spiro atoms. The van der Waals surface area contributed by atoms with Crippen molar-refractivity contribution in [2.45, 2.75) is 13.0 Å². The van der Waals surface area contributed by atoms with Gasteiger partial charge in [-0.25, -0.2) is 4.98 Å². The summed E-state index contributed by atoms with van der Waals surface area (Å²) in [6.07, 6.45) is 0. The third kappa shape index (κ3) is 3.40. The molecule has 7 heteroatoms. The van der Waals surface area contributed by atoms with Gasteiger partial charge in [-0.1, -0.05) is 41.7 Å². The Morgan fingerprint density at radius 3 is 2.74 bits per heavy atom. The van der Waals surface area contributed by atoms with Crippen molar-refractivity contribution in [3.8, 4) is 0 Å². The summed E-state index contributed by atoms with van der Waals surface area (Å²) in [5, 5.41) is 8.33. The molecule has 0 fully saturated rings. The average molecular weight is 329 g/mol. The van der Waals surface area contributed by atoms with E-state index in [2.05, 4.69) is 32.4 Å². The lowest BCUT2D eigenvalue weighted by Crippen LogP contribution is -2.26. The van der Waals surface area contributed by atoms with Crippen LogP contribution in [0.1, 0.15) is 17.3 Å². The molecule has 0 aliphatic rings. The van der Waals surface area contributed by atoms with Crippen LogP contribution >= 0.6 is 11.3 Å². The van der Waals surface area contributed by atoms with Gasteiger partial charge in [-0.15, -0.1) is 5.10 Å². The Hall–Kier alpha value is -2.25. The van der Waals surface area contributed by atoms with E-state index in [1.165, 1.54) is 27.5 Å². The Balaban J connectivity index is 1.81. The van der Waals surface area contributed by atoms with Crippen LogP contribution in [0.25, 0.3) is 4.96 Å². The molecule has 23 heavy (non-hydrogen) atoms. The van der Waals surface area contributed by atoms with E-state index >= 15 is 0 Å². The van der Waals surface area contributed by atoms with Gasteiger partial charge in [0.1, 0.15) is 0 Å². The molecule has 120 valence electrons. The fourth-order valence-corrected chi connectivity index (χ4v) is 3.31. The van der Waals surface area contributed by atoms with E-state index in [9.17, 15) is 4.79 Å². The van der Waals surface area contributed by atoms with Gasteiger partial charge in [0.05, 0.1) is 6.04 Å². The number of hydrogen-bond donors (Lipinski definition) is 1. The van der Waals surface area contributed by atoms with Gasteiger partial charge in [0, 0.05) is 18.3 Å². The Morgan fingerprint density at radius 2 is 2.04 bits per heavy atom. The molecule has 1 aromatic carbocycles.